The van der Waals surface area contributed by atoms with Crippen molar-refractivity contribution in [3.8, 4) is 34.9 Å². The lowest BCUT2D eigenvalue weighted by atomic mass is 10.1. The summed E-state index contributed by atoms with van der Waals surface area (Å²) in [6, 6.07) is 12.8. The highest BCUT2D eigenvalue weighted by Gasteiger charge is 2.20. The number of aromatic nitrogens is 4. The van der Waals surface area contributed by atoms with Crippen molar-refractivity contribution in [1.29, 1.82) is 5.26 Å². The first-order chi connectivity index (χ1) is 16.7. The van der Waals surface area contributed by atoms with Gasteiger partial charge in [0.15, 0.2) is 5.82 Å². The standard InChI is InChI=1S/C24H25N9O/c25-9-12-27-10-3-7-22-28-11-8-23(29-22)33-14-4-13-32(15-16-33)20-17-19(30-31-24(20)26)18-5-1-2-6-21(18)34/h1-2,5-6,8,11,17,27,34H,4,10,12-16H2,(H2,26,31). The van der Waals surface area contributed by atoms with Crippen LogP contribution in [0.3, 0.4) is 0 Å². The fraction of sp³-hybridized carbons (Fsp3) is 0.292. The van der Waals surface area contributed by atoms with E-state index < -0.39 is 0 Å². The highest BCUT2D eigenvalue weighted by molar-refractivity contribution is 5.74. The average molecular weight is 456 g/mol. The van der Waals surface area contributed by atoms with E-state index in [2.05, 4.69) is 47.1 Å². The molecule has 1 fully saturated rings. The van der Waals surface area contributed by atoms with Crippen molar-refractivity contribution in [2.24, 2.45) is 0 Å². The molecule has 4 rings (SSSR count). The second-order valence-electron chi connectivity index (χ2n) is 7.65. The van der Waals surface area contributed by atoms with E-state index in [1.165, 1.54) is 0 Å². The minimum absolute atomic E-state index is 0.151. The Hall–Kier alpha value is -4.41. The van der Waals surface area contributed by atoms with Gasteiger partial charge in [0.25, 0.3) is 0 Å². The Bertz CT molecular complexity index is 1240. The first-order valence-corrected chi connectivity index (χ1v) is 11.0. The summed E-state index contributed by atoms with van der Waals surface area (Å²) in [6.45, 7) is 3.75. The van der Waals surface area contributed by atoms with Gasteiger partial charge in [-0.15, -0.1) is 10.2 Å². The SMILES string of the molecule is N#CCNCC#Cc1nccc(N2CCCN(c3cc(-c4ccccc4O)nnc3N)CC2)n1. The van der Waals surface area contributed by atoms with E-state index in [1.54, 1.807) is 24.4 Å². The number of nitrogens with one attached hydrogen (secondary N) is 1. The summed E-state index contributed by atoms with van der Waals surface area (Å²) < 4.78 is 0. The number of nitriles is 1. The Morgan fingerprint density at radius 2 is 1.88 bits per heavy atom. The molecule has 1 aliphatic heterocycles. The Kier molecular flexibility index (Phi) is 7.33. The number of phenolic OH excluding ortho intramolecular Hbond substituents is 1. The minimum atomic E-state index is 0.151. The van der Waals surface area contributed by atoms with Gasteiger partial charge >= 0.3 is 0 Å². The van der Waals surface area contributed by atoms with Gasteiger partial charge in [-0.3, -0.25) is 5.32 Å². The smallest absolute Gasteiger partial charge is 0.206 e. The zero-order valence-corrected chi connectivity index (χ0v) is 18.6. The van der Waals surface area contributed by atoms with Gasteiger partial charge in [0.1, 0.15) is 11.6 Å². The largest absolute Gasteiger partial charge is 0.507 e. The van der Waals surface area contributed by atoms with Crippen molar-refractivity contribution in [2.75, 3.05) is 54.8 Å². The van der Waals surface area contributed by atoms with Crippen LogP contribution in [0.25, 0.3) is 11.3 Å². The van der Waals surface area contributed by atoms with Crippen LogP contribution >= 0.6 is 0 Å². The van der Waals surface area contributed by atoms with Crippen LogP contribution in [0.4, 0.5) is 17.3 Å². The van der Waals surface area contributed by atoms with Gasteiger partial charge in [0.2, 0.25) is 5.82 Å². The molecule has 1 aliphatic rings. The van der Waals surface area contributed by atoms with E-state index in [0.717, 1.165) is 44.1 Å². The maximum absolute atomic E-state index is 10.2. The summed E-state index contributed by atoms with van der Waals surface area (Å²) in [7, 11) is 0. The van der Waals surface area contributed by atoms with Crippen molar-refractivity contribution < 1.29 is 5.11 Å². The van der Waals surface area contributed by atoms with Gasteiger partial charge in [0.05, 0.1) is 30.5 Å². The van der Waals surface area contributed by atoms with E-state index in [-0.39, 0.29) is 12.3 Å². The maximum Gasteiger partial charge on any atom is 0.206 e. The van der Waals surface area contributed by atoms with Crippen LogP contribution in [0.15, 0.2) is 42.6 Å². The molecule has 0 aliphatic carbocycles. The highest BCUT2D eigenvalue weighted by atomic mass is 16.3. The predicted molar refractivity (Wildman–Crippen MR) is 130 cm³/mol. The van der Waals surface area contributed by atoms with E-state index >= 15 is 0 Å². The summed E-state index contributed by atoms with van der Waals surface area (Å²) >= 11 is 0. The lowest BCUT2D eigenvalue weighted by molar-refractivity contribution is 0.477. The van der Waals surface area contributed by atoms with E-state index in [0.29, 0.717) is 29.4 Å². The van der Waals surface area contributed by atoms with Gasteiger partial charge in [0, 0.05) is 37.9 Å². The summed E-state index contributed by atoms with van der Waals surface area (Å²) in [5.41, 5.74) is 8.17. The van der Waals surface area contributed by atoms with Crippen molar-refractivity contribution >= 4 is 17.3 Å². The number of anilines is 3. The number of phenols is 1. The fourth-order valence-corrected chi connectivity index (χ4v) is 3.74. The number of nitrogens with two attached hydrogens (primary N) is 1. The second kappa shape index (κ2) is 10.9. The zero-order chi connectivity index (χ0) is 23.8. The number of nitrogen functional groups attached to an aromatic ring is 1. The third kappa shape index (κ3) is 5.49. The second-order valence-corrected chi connectivity index (χ2v) is 7.65. The molecular weight excluding hydrogens is 430 g/mol. The Balaban J connectivity index is 1.47. The molecule has 10 nitrogen and oxygen atoms in total. The van der Waals surface area contributed by atoms with Crippen LogP contribution in [0.2, 0.25) is 0 Å². The number of aromatic hydroxyl groups is 1. The van der Waals surface area contributed by atoms with Crippen LogP contribution in [0.1, 0.15) is 12.2 Å². The lowest BCUT2D eigenvalue weighted by Crippen LogP contribution is -2.31. The molecule has 172 valence electrons. The van der Waals surface area contributed by atoms with Gasteiger partial charge in [-0.25, -0.2) is 9.97 Å². The van der Waals surface area contributed by atoms with Crippen molar-refractivity contribution in [3.05, 3.63) is 48.4 Å². The summed E-state index contributed by atoms with van der Waals surface area (Å²) in [6.07, 6.45) is 2.61. The molecule has 4 N–H and O–H groups in total. The van der Waals surface area contributed by atoms with Gasteiger partial charge in [-0.1, -0.05) is 18.1 Å². The number of para-hydroxylation sites is 1. The predicted octanol–water partition coefficient (Wildman–Crippen LogP) is 1.40. The molecule has 0 amide bonds. The number of nitrogens with zero attached hydrogens (tertiary/aromatic N) is 7. The number of hydrogen-bond acceptors (Lipinski definition) is 10. The molecule has 0 saturated carbocycles. The maximum atomic E-state index is 10.2. The van der Waals surface area contributed by atoms with Crippen molar-refractivity contribution in [1.82, 2.24) is 25.5 Å². The summed E-state index contributed by atoms with van der Waals surface area (Å²) in [5.74, 6) is 7.64. The molecule has 1 aromatic carbocycles. The van der Waals surface area contributed by atoms with Gasteiger partial charge in [-0.2, -0.15) is 5.26 Å². The summed E-state index contributed by atoms with van der Waals surface area (Å²) in [5, 5.41) is 30.0. The van der Waals surface area contributed by atoms with Crippen LogP contribution in [-0.2, 0) is 0 Å². The fourth-order valence-electron chi connectivity index (χ4n) is 3.74. The third-order valence-corrected chi connectivity index (χ3v) is 5.40. The molecule has 3 aromatic rings. The van der Waals surface area contributed by atoms with Crippen LogP contribution in [-0.4, -0.2) is 64.5 Å². The molecule has 10 heteroatoms. The van der Waals surface area contributed by atoms with Gasteiger partial charge in [-0.05, 0) is 36.6 Å². The highest BCUT2D eigenvalue weighted by Crippen LogP contribution is 2.31. The molecule has 0 atom stereocenters. The topological polar surface area (TPSA) is 140 Å². The summed E-state index contributed by atoms with van der Waals surface area (Å²) in [4.78, 5) is 13.2. The Morgan fingerprint density at radius 3 is 2.74 bits per heavy atom. The van der Waals surface area contributed by atoms with E-state index in [1.807, 2.05) is 24.3 Å². The number of benzene rings is 1. The average Bonchev–Trinajstić information content (AvgIpc) is 3.11. The molecule has 3 heterocycles. The minimum Gasteiger partial charge on any atom is -0.507 e. The van der Waals surface area contributed by atoms with Crippen molar-refractivity contribution in [2.45, 2.75) is 6.42 Å². The molecule has 1 saturated heterocycles. The first-order valence-electron chi connectivity index (χ1n) is 11.0. The first kappa shape index (κ1) is 22.8. The molecule has 34 heavy (non-hydrogen) atoms. The molecule has 2 aromatic heterocycles. The molecular formula is C24H25N9O. The zero-order valence-electron chi connectivity index (χ0n) is 18.6. The Morgan fingerprint density at radius 1 is 1.06 bits per heavy atom. The Labute approximate surface area is 198 Å². The van der Waals surface area contributed by atoms with E-state index in [4.69, 9.17) is 11.0 Å². The monoisotopic (exact) mass is 455 g/mol. The normalized spacial score (nSPS) is 13.5. The number of rotatable bonds is 5. The molecule has 0 unspecified atom stereocenters. The van der Waals surface area contributed by atoms with E-state index in [9.17, 15) is 5.11 Å². The molecule has 0 radical (unpaired) electrons. The van der Waals surface area contributed by atoms with Crippen LogP contribution < -0.4 is 20.9 Å². The quantitative estimate of drug-likeness (QED) is 0.294. The third-order valence-electron chi connectivity index (χ3n) is 5.40. The lowest BCUT2D eigenvalue weighted by Gasteiger charge is -2.25. The number of hydrogen-bond donors (Lipinski definition) is 3. The van der Waals surface area contributed by atoms with Gasteiger partial charge < -0.3 is 20.6 Å². The van der Waals surface area contributed by atoms with Crippen molar-refractivity contribution in [3.63, 3.8) is 0 Å². The van der Waals surface area contributed by atoms with Crippen LogP contribution in [0.5, 0.6) is 5.75 Å². The molecule has 0 spiro atoms. The molecule has 0 bridgehead atoms. The van der Waals surface area contributed by atoms with Crippen LogP contribution in [0, 0.1) is 23.2 Å².